The van der Waals surface area contributed by atoms with Crippen molar-refractivity contribution in [3.63, 3.8) is 0 Å². The molecule has 2 rings (SSSR count). The fourth-order valence-electron chi connectivity index (χ4n) is 2.00. The minimum Gasteiger partial charge on any atom is -0.392 e. The van der Waals surface area contributed by atoms with Crippen LogP contribution < -0.4 is 0 Å². The van der Waals surface area contributed by atoms with E-state index >= 15 is 0 Å². The first kappa shape index (κ1) is 11.1. The van der Waals surface area contributed by atoms with E-state index in [-0.39, 0.29) is 6.61 Å². The fourth-order valence-corrected chi connectivity index (χ4v) is 2.55. The summed E-state index contributed by atoms with van der Waals surface area (Å²) in [6.45, 7) is 3.57. The maximum Gasteiger partial charge on any atom is 0.0682 e. The van der Waals surface area contributed by atoms with Crippen molar-refractivity contribution in [2.45, 2.75) is 26.0 Å². The third-order valence-electron chi connectivity index (χ3n) is 2.89. The zero-order valence-electron chi connectivity index (χ0n) is 8.75. The Labute approximate surface area is 99.0 Å². The van der Waals surface area contributed by atoms with Gasteiger partial charge in [-0.1, -0.05) is 28.1 Å². The van der Waals surface area contributed by atoms with E-state index in [9.17, 15) is 0 Å². The molecule has 82 valence electrons. The maximum atomic E-state index is 9.01. The summed E-state index contributed by atoms with van der Waals surface area (Å²) in [7, 11) is 0. The van der Waals surface area contributed by atoms with Crippen molar-refractivity contribution in [2.75, 3.05) is 13.1 Å². The number of aliphatic hydroxyl groups excluding tert-OH is 1. The van der Waals surface area contributed by atoms with Crippen LogP contribution in [0.1, 0.15) is 24.0 Å². The van der Waals surface area contributed by atoms with Crippen LogP contribution in [0, 0.1) is 0 Å². The van der Waals surface area contributed by atoms with Gasteiger partial charge in [0.15, 0.2) is 0 Å². The topological polar surface area (TPSA) is 23.5 Å². The number of likely N-dealkylation sites (tertiary alicyclic amines) is 1. The molecule has 0 aromatic heterocycles. The fraction of sp³-hybridized carbons (Fsp3) is 0.500. The number of hydrogen-bond donors (Lipinski definition) is 1. The van der Waals surface area contributed by atoms with Gasteiger partial charge in [-0.15, -0.1) is 0 Å². The summed E-state index contributed by atoms with van der Waals surface area (Å²) in [5.41, 5.74) is 2.28. The van der Waals surface area contributed by atoms with Crippen molar-refractivity contribution in [1.82, 2.24) is 4.90 Å². The van der Waals surface area contributed by atoms with E-state index in [4.69, 9.17) is 5.11 Å². The first-order chi connectivity index (χ1) is 7.29. The molecule has 1 fully saturated rings. The lowest BCUT2D eigenvalue weighted by atomic mass is 10.1. The summed E-state index contributed by atoms with van der Waals surface area (Å²) < 4.78 is 1.11. The second-order valence-corrected chi connectivity index (χ2v) is 4.92. The van der Waals surface area contributed by atoms with Crippen molar-refractivity contribution >= 4 is 15.9 Å². The van der Waals surface area contributed by atoms with Gasteiger partial charge >= 0.3 is 0 Å². The molecule has 15 heavy (non-hydrogen) atoms. The molecule has 0 bridgehead atoms. The molecule has 0 amide bonds. The lowest BCUT2D eigenvalue weighted by Crippen LogP contribution is -2.18. The molecule has 0 atom stereocenters. The third kappa shape index (κ3) is 2.80. The molecule has 1 aliphatic heterocycles. The van der Waals surface area contributed by atoms with Crippen molar-refractivity contribution in [3.8, 4) is 0 Å². The Morgan fingerprint density at radius 2 is 2.00 bits per heavy atom. The highest BCUT2D eigenvalue weighted by Crippen LogP contribution is 2.22. The Morgan fingerprint density at radius 3 is 2.60 bits per heavy atom. The highest BCUT2D eigenvalue weighted by molar-refractivity contribution is 9.10. The Morgan fingerprint density at radius 1 is 1.27 bits per heavy atom. The lowest BCUT2D eigenvalue weighted by Gasteiger charge is -2.16. The molecular weight excluding hydrogens is 254 g/mol. The zero-order chi connectivity index (χ0) is 10.7. The summed E-state index contributed by atoms with van der Waals surface area (Å²) >= 11 is 3.56. The highest BCUT2D eigenvalue weighted by atomic mass is 79.9. The largest absolute Gasteiger partial charge is 0.392 e. The molecule has 0 aliphatic carbocycles. The molecule has 1 aliphatic rings. The van der Waals surface area contributed by atoms with Crippen molar-refractivity contribution in [2.24, 2.45) is 0 Å². The van der Waals surface area contributed by atoms with Crippen LogP contribution in [-0.4, -0.2) is 23.1 Å². The third-order valence-corrected chi connectivity index (χ3v) is 3.63. The molecule has 1 aromatic rings. The predicted molar refractivity (Wildman–Crippen MR) is 64.6 cm³/mol. The van der Waals surface area contributed by atoms with Crippen LogP contribution in [0.4, 0.5) is 0 Å². The molecule has 2 nitrogen and oxygen atoms in total. The van der Waals surface area contributed by atoms with Crippen LogP contribution >= 0.6 is 15.9 Å². The minimum absolute atomic E-state index is 0.114. The zero-order valence-corrected chi connectivity index (χ0v) is 10.3. The Kier molecular flexibility index (Phi) is 3.78. The second-order valence-electron chi connectivity index (χ2n) is 4.07. The predicted octanol–water partition coefficient (Wildman–Crippen LogP) is 2.54. The molecule has 0 saturated carbocycles. The Hall–Kier alpha value is -0.380. The molecule has 0 radical (unpaired) electrons. The maximum absolute atomic E-state index is 9.01. The lowest BCUT2D eigenvalue weighted by molar-refractivity contribution is 0.281. The standard InChI is InChI=1S/C12H16BrNO/c13-12-7-10(9-15)3-4-11(12)8-14-5-1-2-6-14/h3-4,7,15H,1-2,5-6,8-9H2. The van der Waals surface area contributed by atoms with E-state index in [1.807, 2.05) is 12.1 Å². The Bertz CT molecular complexity index is 334. The van der Waals surface area contributed by atoms with Gasteiger partial charge in [-0.3, -0.25) is 4.90 Å². The number of aliphatic hydroxyl groups is 1. The van der Waals surface area contributed by atoms with Gasteiger partial charge in [-0.05, 0) is 43.1 Å². The van der Waals surface area contributed by atoms with Crippen LogP contribution in [0.2, 0.25) is 0 Å². The van der Waals surface area contributed by atoms with Crippen LogP contribution in [0.15, 0.2) is 22.7 Å². The van der Waals surface area contributed by atoms with Gasteiger partial charge in [0.25, 0.3) is 0 Å². The molecule has 0 unspecified atom stereocenters. The first-order valence-corrected chi connectivity index (χ1v) is 6.19. The monoisotopic (exact) mass is 269 g/mol. The molecular formula is C12H16BrNO. The average molecular weight is 270 g/mol. The quantitative estimate of drug-likeness (QED) is 0.912. The van der Waals surface area contributed by atoms with Crippen LogP contribution in [0.5, 0.6) is 0 Å². The number of benzene rings is 1. The van der Waals surface area contributed by atoms with Crippen molar-refractivity contribution < 1.29 is 5.11 Å². The summed E-state index contributed by atoms with van der Waals surface area (Å²) in [6.07, 6.45) is 2.65. The van der Waals surface area contributed by atoms with Gasteiger partial charge in [-0.25, -0.2) is 0 Å². The normalized spacial score (nSPS) is 17.2. The van der Waals surface area contributed by atoms with E-state index in [0.29, 0.717) is 0 Å². The summed E-state index contributed by atoms with van der Waals surface area (Å²) in [4.78, 5) is 2.47. The second kappa shape index (κ2) is 5.10. The van der Waals surface area contributed by atoms with Gasteiger partial charge in [0.2, 0.25) is 0 Å². The van der Waals surface area contributed by atoms with E-state index in [1.54, 1.807) is 0 Å². The molecule has 1 N–H and O–H groups in total. The minimum atomic E-state index is 0.114. The van der Waals surface area contributed by atoms with Crippen LogP contribution in [-0.2, 0) is 13.2 Å². The van der Waals surface area contributed by atoms with E-state index < -0.39 is 0 Å². The number of halogens is 1. The average Bonchev–Trinajstić information content (AvgIpc) is 2.74. The van der Waals surface area contributed by atoms with Gasteiger partial charge < -0.3 is 5.11 Å². The summed E-state index contributed by atoms with van der Waals surface area (Å²) in [6, 6.07) is 6.11. The smallest absolute Gasteiger partial charge is 0.0682 e. The van der Waals surface area contributed by atoms with Crippen LogP contribution in [0.25, 0.3) is 0 Å². The van der Waals surface area contributed by atoms with Crippen LogP contribution in [0.3, 0.4) is 0 Å². The SMILES string of the molecule is OCc1ccc(CN2CCCC2)c(Br)c1. The molecule has 1 aromatic carbocycles. The molecule has 3 heteroatoms. The van der Waals surface area contributed by atoms with Crippen molar-refractivity contribution in [3.05, 3.63) is 33.8 Å². The molecule has 1 saturated heterocycles. The number of hydrogen-bond acceptors (Lipinski definition) is 2. The van der Waals surface area contributed by atoms with Gasteiger partial charge in [0.05, 0.1) is 6.61 Å². The first-order valence-electron chi connectivity index (χ1n) is 5.40. The molecule has 0 spiro atoms. The van der Waals surface area contributed by atoms with Gasteiger partial charge in [-0.2, -0.15) is 0 Å². The summed E-state index contributed by atoms with van der Waals surface area (Å²) in [5, 5.41) is 9.01. The van der Waals surface area contributed by atoms with Crippen molar-refractivity contribution in [1.29, 1.82) is 0 Å². The summed E-state index contributed by atoms with van der Waals surface area (Å²) in [5.74, 6) is 0. The molecule has 1 heterocycles. The number of rotatable bonds is 3. The number of nitrogens with zero attached hydrogens (tertiary/aromatic N) is 1. The highest BCUT2D eigenvalue weighted by Gasteiger charge is 2.13. The van der Waals surface area contributed by atoms with E-state index in [2.05, 4.69) is 26.9 Å². The Balaban J connectivity index is 2.07. The van der Waals surface area contributed by atoms with E-state index in [1.165, 1.54) is 31.5 Å². The van der Waals surface area contributed by atoms with Gasteiger partial charge in [0.1, 0.15) is 0 Å². The van der Waals surface area contributed by atoms with E-state index in [0.717, 1.165) is 16.6 Å². The van der Waals surface area contributed by atoms with Gasteiger partial charge in [0, 0.05) is 11.0 Å².